The summed E-state index contributed by atoms with van der Waals surface area (Å²) in [6, 6.07) is 5.86. The number of nitrogens with zero attached hydrogens (tertiary/aromatic N) is 2. The van der Waals surface area contributed by atoms with Gasteiger partial charge in [-0.25, -0.2) is 4.99 Å². The number of likely N-dealkylation sites (N-methyl/N-ethyl adjacent to an activating group) is 1. The second kappa shape index (κ2) is 5.09. The zero-order valence-electron chi connectivity index (χ0n) is 14.2. The van der Waals surface area contributed by atoms with E-state index < -0.39 is 5.54 Å². The molecule has 1 aromatic rings. The van der Waals surface area contributed by atoms with E-state index in [4.69, 9.17) is 23.3 Å². The van der Waals surface area contributed by atoms with Gasteiger partial charge in [-0.2, -0.15) is 0 Å². The predicted molar refractivity (Wildman–Crippen MR) is 93.3 cm³/mol. The van der Waals surface area contributed by atoms with Gasteiger partial charge in [0.15, 0.2) is 11.5 Å². The Balaban J connectivity index is 1.89. The van der Waals surface area contributed by atoms with Crippen LogP contribution in [0, 0.1) is 5.41 Å². The fraction of sp³-hybridized carbons (Fsp3) is 0.556. The van der Waals surface area contributed by atoms with Crippen molar-refractivity contribution >= 4 is 25.2 Å². The lowest BCUT2D eigenvalue weighted by atomic mass is 9.61. The summed E-state index contributed by atoms with van der Waals surface area (Å²) in [7, 11) is 9.49. The van der Waals surface area contributed by atoms with Crippen molar-refractivity contribution in [2.45, 2.75) is 43.7 Å². The minimum atomic E-state index is -0.921. The summed E-state index contributed by atoms with van der Waals surface area (Å²) in [4.78, 5) is 19.6. The number of ether oxygens (including phenoxy) is 1. The van der Waals surface area contributed by atoms with Crippen molar-refractivity contribution in [3.8, 4) is 0 Å². The molecule has 124 valence electrons. The van der Waals surface area contributed by atoms with Gasteiger partial charge in [0.2, 0.25) is 0 Å². The Hall–Kier alpha value is -1.82. The highest BCUT2D eigenvalue weighted by Gasteiger charge is 2.66. The van der Waals surface area contributed by atoms with Gasteiger partial charge in [0.1, 0.15) is 7.85 Å². The van der Waals surface area contributed by atoms with Crippen LogP contribution in [0.3, 0.4) is 0 Å². The van der Waals surface area contributed by atoms with Gasteiger partial charge in [-0.1, -0.05) is 23.7 Å². The number of hydrogen-bond donors (Lipinski definition) is 1. The van der Waals surface area contributed by atoms with E-state index in [-0.39, 0.29) is 17.4 Å². The topological polar surface area (TPSA) is 67.9 Å². The first-order valence-corrected chi connectivity index (χ1v) is 8.49. The van der Waals surface area contributed by atoms with E-state index >= 15 is 0 Å². The van der Waals surface area contributed by atoms with Crippen molar-refractivity contribution in [1.29, 1.82) is 0 Å². The number of benzene rings is 1. The molecule has 0 aromatic heterocycles. The Morgan fingerprint density at radius 1 is 1.38 bits per heavy atom. The average Bonchev–Trinajstić information content (AvgIpc) is 2.97. The molecule has 1 aliphatic heterocycles. The van der Waals surface area contributed by atoms with Gasteiger partial charge in [0, 0.05) is 19.6 Å². The zero-order chi connectivity index (χ0) is 17.1. The molecule has 2 spiro atoms. The monoisotopic (exact) mass is 323 g/mol. The highest BCUT2D eigenvalue weighted by Crippen LogP contribution is 2.61. The van der Waals surface area contributed by atoms with Gasteiger partial charge in [-0.05, 0) is 43.2 Å². The highest BCUT2D eigenvalue weighted by atomic mass is 16.5. The maximum Gasteiger partial charge on any atom is 0.262 e. The van der Waals surface area contributed by atoms with Gasteiger partial charge in [-0.15, -0.1) is 0 Å². The number of rotatable bonds is 1. The smallest absolute Gasteiger partial charge is 0.262 e. The van der Waals surface area contributed by atoms with E-state index in [9.17, 15) is 4.79 Å². The summed E-state index contributed by atoms with van der Waals surface area (Å²) in [5, 5.41) is 0. The van der Waals surface area contributed by atoms with Crippen LogP contribution in [0.25, 0.3) is 0 Å². The SMILES string of the molecule is [B]c1ccc2c(c1)[C@@]1(N=C(N)N(C)C1=O)C1(CCC(OC)CC1)C2. The van der Waals surface area contributed by atoms with Crippen LogP contribution < -0.4 is 11.2 Å². The van der Waals surface area contributed by atoms with Crippen LogP contribution in [0.1, 0.15) is 36.8 Å². The predicted octanol–water partition coefficient (Wildman–Crippen LogP) is 0.594. The summed E-state index contributed by atoms with van der Waals surface area (Å²) in [5.74, 6) is 0.267. The van der Waals surface area contributed by atoms with Crippen molar-refractivity contribution < 1.29 is 9.53 Å². The van der Waals surface area contributed by atoms with Crippen molar-refractivity contribution in [3.05, 3.63) is 29.3 Å². The second-order valence-electron chi connectivity index (χ2n) is 7.35. The summed E-state index contributed by atoms with van der Waals surface area (Å²) >= 11 is 0. The quantitative estimate of drug-likeness (QED) is 0.770. The summed E-state index contributed by atoms with van der Waals surface area (Å²) < 4.78 is 5.53. The van der Waals surface area contributed by atoms with Crippen LogP contribution in [0.15, 0.2) is 23.2 Å². The number of carbonyl (C=O) groups excluding carboxylic acids is 1. The fourth-order valence-corrected chi connectivity index (χ4v) is 4.94. The minimum absolute atomic E-state index is 0.0276. The van der Waals surface area contributed by atoms with Crippen LogP contribution in [0.2, 0.25) is 0 Å². The van der Waals surface area contributed by atoms with Gasteiger partial charge in [0.25, 0.3) is 5.91 Å². The number of guanidine groups is 1. The second-order valence-corrected chi connectivity index (χ2v) is 7.35. The lowest BCUT2D eigenvalue weighted by molar-refractivity contribution is -0.137. The number of carbonyl (C=O) groups is 1. The third-order valence-electron chi connectivity index (χ3n) is 6.28. The Morgan fingerprint density at radius 3 is 2.67 bits per heavy atom. The van der Waals surface area contributed by atoms with Crippen molar-refractivity contribution in [3.63, 3.8) is 0 Å². The first-order chi connectivity index (χ1) is 11.4. The Kier molecular flexibility index (Phi) is 3.33. The largest absolute Gasteiger partial charge is 0.381 e. The van der Waals surface area contributed by atoms with Crippen LogP contribution in [-0.4, -0.2) is 44.9 Å². The van der Waals surface area contributed by atoms with Crippen LogP contribution in [0.4, 0.5) is 0 Å². The van der Waals surface area contributed by atoms with E-state index in [0.717, 1.165) is 37.7 Å². The molecule has 1 fully saturated rings. The zero-order valence-corrected chi connectivity index (χ0v) is 14.2. The van der Waals surface area contributed by atoms with Gasteiger partial charge >= 0.3 is 0 Å². The van der Waals surface area contributed by atoms with Gasteiger partial charge < -0.3 is 10.5 Å². The van der Waals surface area contributed by atoms with Crippen molar-refractivity contribution in [1.82, 2.24) is 4.90 Å². The maximum absolute atomic E-state index is 13.3. The molecule has 1 atom stereocenters. The Labute approximate surface area is 143 Å². The first kappa shape index (κ1) is 15.7. The molecule has 0 saturated heterocycles. The van der Waals surface area contributed by atoms with Crippen LogP contribution >= 0.6 is 0 Å². The number of aliphatic imine (C=N–C) groups is 1. The van der Waals surface area contributed by atoms with E-state index in [1.807, 2.05) is 18.2 Å². The van der Waals surface area contributed by atoms with Gasteiger partial charge in [0.05, 0.1) is 6.10 Å². The first-order valence-electron chi connectivity index (χ1n) is 8.49. The minimum Gasteiger partial charge on any atom is -0.381 e. The van der Waals surface area contributed by atoms with E-state index in [1.54, 1.807) is 14.2 Å². The lowest BCUT2D eigenvalue weighted by Gasteiger charge is -2.45. The molecule has 0 bridgehead atoms. The summed E-state index contributed by atoms with van der Waals surface area (Å²) in [6.45, 7) is 0. The van der Waals surface area contributed by atoms with Crippen LogP contribution in [0.5, 0.6) is 0 Å². The number of nitrogens with two attached hydrogens (primary N) is 1. The molecule has 1 heterocycles. The molecular formula is C18H22BN3O2. The third-order valence-corrected chi connectivity index (χ3v) is 6.28. The normalized spacial score (nSPS) is 34.9. The number of amides is 1. The average molecular weight is 323 g/mol. The molecule has 2 radical (unpaired) electrons. The third kappa shape index (κ3) is 1.80. The maximum atomic E-state index is 13.3. The Bertz CT molecular complexity index is 740. The molecule has 0 unspecified atom stereocenters. The van der Waals surface area contributed by atoms with Crippen LogP contribution in [-0.2, 0) is 21.5 Å². The van der Waals surface area contributed by atoms with Crippen molar-refractivity contribution in [2.24, 2.45) is 16.1 Å². The summed E-state index contributed by atoms with van der Waals surface area (Å²) in [5.41, 5.74) is 7.67. The molecule has 1 amide bonds. The molecule has 2 N–H and O–H groups in total. The van der Waals surface area contributed by atoms with E-state index in [0.29, 0.717) is 11.4 Å². The molecule has 2 aliphatic carbocycles. The highest BCUT2D eigenvalue weighted by molar-refractivity contribution is 6.32. The van der Waals surface area contributed by atoms with E-state index in [1.165, 1.54) is 10.5 Å². The molecule has 4 rings (SSSR count). The van der Waals surface area contributed by atoms with Gasteiger partial charge in [-0.3, -0.25) is 9.69 Å². The molecule has 24 heavy (non-hydrogen) atoms. The molecule has 3 aliphatic rings. The molecule has 5 nitrogen and oxygen atoms in total. The molecule has 1 saturated carbocycles. The molecule has 1 aromatic carbocycles. The fourth-order valence-electron chi connectivity index (χ4n) is 4.94. The Morgan fingerprint density at radius 2 is 2.08 bits per heavy atom. The van der Waals surface area contributed by atoms with Crippen molar-refractivity contribution in [2.75, 3.05) is 14.2 Å². The summed E-state index contributed by atoms with van der Waals surface area (Å²) in [6.07, 6.45) is 4.78. The van der Waals surface area contributed by atoms with E-state index in [2.05, 4.69) is 0 Å². The molecular weight excluding hydrogens is 301 g/mol. The lowest BCUT2D eigenvalue weighted by Crippen LogP contribution is -2.51. The number of hydrogen-bond acceptors (Lipinski definition) is 4. The number of methoxy groups -OCH3 is 1. The standard InChI is InChI=1S/C18H22BN3O2/c1-22-15(23)18(21-16(22)20)14-9-12(19)4-3-11(14)10-17(18)7-5-13(24-2)6-8-17/h3-4,9,13H,5-8,10H2,1-2H3,(H2,20,21)/t13?,17?,18-/m0/s1. The number of fused-ring (bicyclic) bond motifs is 3. The molecule has 6 heteroatoms.